The molecular formula is C20H23IN2O3S. The molecule has 0 heterocycles. The predicted octanol–water partition coefficient (Wildman–Crippen LogP) is 4.50. The number of hydrogen-bond donors (Lipinski definition) is 1. The zero-order chi connectivity index (χ0) is 19.4. The second-order valence-electron chi connectivity index (χ2n) is 6.80. The number of carbonyl (C=O) groups excluding carboxylic acids is 1. The van der Waals surface area contributed by atoms with Crippen LogP contribution in [0.4, 0.5) is 5.69 Å². The number of nitrogens with zero attached hydrogens (tertiary/aromatic N) is 1. The number of carbonyl (C=O) groups is 1. The van der Waals surface area contributed by atoms with Crippen LogP contribution in [-0.4, -0.2) is 31.7 Å². The Morgan fingerprint density at radius 1 is 1.07 bits per heavy atom. The molecule has 0 bridgehead atoms. The van der Waals surface area contributed by atoms with Crippen molar-refractivity contribution >= 4 is 44.2 Å². The number of halogens is 1. The molecule has 27 heavy (non-hydrogen) atoms. The Kier molecular flexibility index (Phi) is 6.54. The van der Waals surface area contributed by atoms with Gasteiger partial charge in [0.15, 0.2) is 0 Å². The molecule has 0 saturated heterocycles. The van der Waals surface area contributed by atoms with E-state index in [0.29, 0.717) is 11.3 Å². The summed E-state index contributed by atoms with van der Waals surface area (Å²) in [7, 11) is -1.86. The van der Waals surface area contributed by atoms with E-state index < -0.39 is 10.0 Å². The second kappa shape index (κ2) is 8.70. The first-order valence-corrected chi connectivity index (χ1v) is 11.5. The van der Waals surface area contributed by atoms with Crippen molar-refractivity contribution in [3.63, 3.8) is 0 Å². The minimum atomic E-state index is -3.52. The van der Waals surface area contributed by atoms with Crippen molar-refractivity contribution in [3.8, 4) is 0 Å². The Morgan fingerprint density at radius 2 is 1.74 bits per heavy atom. The van der Waals surface area contributed by atoms with E-state index in [4.69, 9.17) is 0 Å². The maximum Gasteiger partial charge on any atom is 0.255 e. The van der Waals surface area contributed by atoms with Gasteiger partial charge < -0.3 is 5.32 Å². The van der Waals surface area contributed by atoms with Gasteiger partial charge in [-0.3, -0.25) is 4.79 Å². The highest BCUT2D eigenvalue weighted by Crippen LogP contribution is 2.27. The molecule has 5 nitrogen and oxygen atoms in total. The van der Waals surface area contributed by atoms with E-state index in [-0.39, 0.29) is 16.8 Å². The molecule has 0 aromatic heterocycles. The largest absolute Gasteiger partial charge is 0.322 e. The minimum absolute atomic E-state index is 0.0729. The smallest absolute Gasteiger partial charge is 0.255 e. The van der Waals surface area contributed by atoms with Crippen LogP contribution in [0.5, 0.6) is 0 Å². The van der Waals surface area contributed by atoms with Gasteiger partial charge in [0.25, 0.3) is 5.91 Å². The summed E-state index contributed by atoms with van der Waals surface area (Å²) in [5, 5.41) is 2.81. The van der Waals surface area contributed by atoms with Crippen LogP contribution in [0.1, 0.15) is 42.5 Å². The first-order valence-electron chi connectivity index (χ1n) is 9.03. The molecule has 0 atom stereocenters. The summed E-state index contributed by atoms with van der Waals surface area (Å²) >= 11 is 2.16. The maximum atomic E-state index is 12.9. The van der Waals surface area contributed by atoms with E-state index in [1.807, 2.05) is 12.1 Å². The molecule has 0 spiro atoms. The van der Waals surface area contributed by atoms with E-state index >= 15 is 0 Å². The average molecular weight is 498 g/mol. The summed E-state index contributed by atoms with van der Waals surface area (Å²) in [6.07, 6.45) is 5.17. The van der Waals surface area contributed by atoms with E-state index in [1.54, 1.807) is 43.4 Å². The summed E-state index contributed by atoms with van der Waals surface area (Å²) < 4.78 is 28.2. The van der Waals surface area contributed by atoms with Gasteiger partial charge in [-0.15, -0.1) is 0 Å². The quantitative estimate of drug-likeness (QED) is 0.618. The maximum absolute atomic E-state index is 12.9. The molecule has 144 valence electrons. The molecule has 1 amide bonds. The molecule has 7 heteroatoms. The highest BCUT2D eigenvalue weighted by atomic mass is 127. The highest BCUT2D eigenvalue weighted by Gasteiger charge is 2.28. The van der Waals surface area contributed by atoms with Gasteiger partial charge in [0.1, 0.15) is 0 Å². The van der Waals surface area contributed by atoms with Gasteiger partial charge in [-0.1, -0.05) is 25.3 Å². The number of benzene rings is 2. The number of hydrogen-bond acceptors (Lipinski definition) is 3. The molecule has 3 rings (SSSR count). The molecule has 0 unspecified atom stereocenters. The molecule has 2 aromatic rings. The fourth-order valence-electron chi connectivity index (χ4n) is 3.35. The lowest BCUT2D eigenvalue weighted by Gasteiger charge is -2.30. The number of anilines is 1. The first kappa shape index (κ1) is 20.3. The van der Waals surface area contributed by atoms with Crippen molar-refractivity contribution < 1.29 is 13.2 Å². The summed E-state index contributed by atoms with van der Waals surface area (Å²) in [5.74, 6) is -0.219. The van der Waals surface area contributed by atoms with E-state index in [2.05, 4.69) is 27.9 Å². The average Bonchev–Trinajstić information content (AvgIpc) is 2.68. The number of amides is 1. The Balaban J connectivity index is 1.71. The molecule has 1 N–H and O–H groups in total. The van der Waals surface area contributed by atoms with E-state index in [9.17, 15) is 13.2 Å². The van der Waals surface area contributed by atoms with Crippen molar-refractivity contribution in [3.05, 3.63) is 57.7 Å². The van der Waals surface area contributed by atoms with Crippen LogP contribution in [0, 0.1) is 3.57 Å². The zero-order valence-electron chi connectivity index (χ0n) is 15.2. The van der Waals surface area contributed by atoms with Crippen LogP contribution >= 0.6 is 22.6 Å². The zero-order valence-corrected chi connectivity index (χ0v) is 18.2. The number of sulfonamides is 1. The van der Waals surface area contributed by atoms with Gasteiger partial charge >= 0.3 is 0 Å². The van der Waals surface area contributed by atoms with Gasteiger partial charge in [-0.2, -0.15) is 4.31 Å². The Hall–Kier alpha value is -1.45. The fourth-order valence-corrected chi connectivity index (χ4v) is 5.31. The summed E-state index contributed by atoms with van der Waals surface area (Å²) in [6, 6.07) is 13.7. The first-order chi connectivity index (χ1) is 12.9. The third-order valence-electron chi connectivity index (χ3n) is 4.96. The number of rotatable bonds is 5. The van der Waals surface area contributed by atoms with Crippen LogP contribution in [0.2, 0.25) is 0 Å². The lowest BCUT2D eigenvalue weighted by molar-refractivity contribution is 0.102. The molecular weight excluding hydrogens is 475 g/mol. The summed E-state index contributed by atoms with van der Waals surface area (Å²) in [5.41, 5.74) is 1.13. The summed E-state index contributed by atoms with van der Waals surface area (Å²) in [6.45, 7) is 0. The van der Waals surface area contributed by atoms with Crippen LogP contribution in [0.3, 0.4) is 0 Å². The monoisotopic (exact) mass is 498 g/mol. The lowest BCUT2D eigenvalue weighted by atomic mass is 9.96. The van der Waals surface area contributed by atoms with E-state index in [0.717, 1.165) is 29.3 Å². The molecule has 1 fully saturated rings. The standard InChI is InChI=1S/C20H23IN2O3S/c1-23(18-8-3-2-4-9-18)27(25,26)19-12-10-17(11-13-19)22-20(24)15-6-5-7-16(21)14-15/h5-7,10-14,18H,2-4,8-9H2,1H3,(H,22,24). The topological polar surface area (TPSA) is 66.5 Å². The van der Waals surface area contributed by atoms with Crippen molar-refractivity contribution in [2.75, 3.05) is 12.4 Å². The molecule has 0 radical (unpaired) electrons. The minimum Gasteiger partial charge on any atom is -0.322 e. The number of nitrogens with one attached hydrogen (secondary N) is 1. The Labute approximate surface area is 174 Å². The highest BCUT2D eigenvalue weighted by molar-refractivity contribution is 14.1. The van der Waals surface area contributed by atoms with Gasteiger partial charge in [0, 0.05) is 27.9 Å². The van der Waals surface area contributed by atoms with Crippen LogP contribution in [0.25, 0.3) is 0 Å². The van der Waals surface area contributed by atoms with E-state index in [1.165, 1.54) is 10.7 Å². The summed E-state index contributed by atoms with van der Waals surface area (Å²) in [4.78, 5) is 12.6. The van der Waals surface area contributed by atoms with Gasteiger partial charge in [-0.05, 0) is 77.9 Å². The van der Waals surface area contributed by atoms with Crippen LogP contribution < -0.4 is 5.32 Å². The van der Waals surface area contributed by atoms with Gasteiger partial charge in [0.05, 0.1) is 4.90 Å². The Bertz CT molecular complexity index is 907. The van der Waals surface area contributed by atoms with Crippen LogP contribution in [-0.2, 0) is 10.0 Å². The van der Waals surface area contributed by atoms with Crippen molar-refractivity contribution in [1.29, 1.82) is 0 Å². The second-order valence-corrected chi connectivity index (χ2v) is 10.0. The molecule has 1 saturated carbocycles. The normalized spacial score (nSPS) is 15.7. The molecule has 2 aromatic carbocycles. The van der Waals surface area contributed by atoms with Crippen molar-refractivity contribution in [2.45, 2.75) is 43.0 Å². The van der Waals surface area contributed by atoms with Crippen LogP contribution in [0.15, 0.2) is 53.4 Å². The third kappa shape index (κ3) is 4.89. The van der Waals surface area contributed by atoms with Gasteiger partial charge in [-0.25, -0.2) is 8.42 Å². The lowest BCUT2D eigenvalue weighted by Crippen LogP contribution is -2.38. The van der Waals surface area contributed by atoms with Gasteiger partial charge in [0.2, 0.25) is 10.0 Å². The molecule has 1 aliphatic rings. The van der Waals surface area contributed by atoms with Crippen molar-refractivity contribution in [2.24, 2.45) is 0 Å². The Morgan fingerprint density at radius 3 is 2.37 bits per heavy atom. The molecule has 1 aliphatic carbocycles. The predicted molar refractivity (Wildman–Crippen MR) is 115 cm³/mol. The van der Waals surface area contributed by atoms with Crippen molar-refractivity contribution in [1.82, 2.24) is 4.31 Å². The fraction of sp³-hybridized carbons (Fsp3) is 0.350. The third-order valence-corrected chi connectivity index (χ3v) is 7.56. The SMILES string of the molecule is CN(C1CCCCC1)S(=O)(=O)c1ccc(NC(=O)c2cccc(I)c2)cc1. The molecule has 0 aliphatic heterocycles.